The van der Waals surface area contributed by atoms with Gasteiger partial charge in [-0.3, -0.25) is 0 Å². The summed E-state index contributed by atoms with van der Waals surface area (Å²) >= 11 is 0. The van der Waals surface area contributed by atoms with E-state index in [9.17, 15) is 0 Å². The van der Waals surface area contributed by atoms with Crippen LogP contribution in [0.25, 0.3) is 0 Å². The van der Waals surface area contributed by atoms with Crippen LogP contribution in [0.1, 0.15) is 62.9 Å². The second-order valence-corrected chi connectivity index (χ2v) is 7.51. The SMILES string of the molecule is COCc1ncc(C)n1CC1CCCN(C2CCCCCC2)C1. The maximum Gasteiger partial charge on any atom is 0.134 e. The summed E-state index contributed by atoms with van der Waals surface area (Å²) < 4.78 is 7.69. The molecule has 4 heteroatoms. The highest BCUT2D eigenvalue weighted by molar-refractivity contribution is 5.03. The third-order valence-corrected chi connectivity index (χ3v) is 5.74. The van der Waals surface area contributed by atoms with Crippen LogP contribution in [0.2, 0.25) is 0 Å². The summed E-state index contributed by atoms with van der Waals surface area (Å²) in [7, 11) is 1.75. The first-order valence-corrected chi connectivity index (χ1v) is 9.52. The van der Waals surface area contributed by atoms with E-state index in [4.69, 9.17) is 4.74 Å². The van der Waals surface area contributed by atoms with Gasteiger partial charge in [-0.2, -0.15) is 0 Å². The molecular formula is C19H33N3O. The zero-order valence-corrected chi connectivity index (χ0v) is 15.0. The molecule has 1 aromatic rings. The van der Waals surface area contributed by atoms with Crippen LogP contribution in [-0.4, -0.2) is 40.7 Å². The molecule has 0 aromatic carbocycles. The van der Waals surface area contributed by atoms with Gasteiger partial charge < -0.3 is 14.2 Å². The molecule has 0 amide bonds. The fraction of sp³-hybridized carbons (Fsp3) is 0.842. The summed E-state index contributed by atoms with van der Waals surface area (Å²) in [5, 5.41) is 0. The molecule has 3 rings (SSSR count). The van der Waals surface area contributed by atoms with Crippen LogP contribution in [0.15, 0.2) is 6.20 Å². The normalized spacial score (nSPS) is 24.7. The molecule has 0 bridgehead atoms. The summed E-state index contributed by atoms with van der Waals surface area (Å²) in [4.78, 5) is 7.32. The topological polar surface area (TPSA) is 30.3 Å². The Bertz CT molecular complexity index is 477. The van der Waals surface area contributed by atoms with Crippen molar-refractivity contribution in [1.29, 1.82) is 0 Å². The number of aryl methyl sites for hydroxylation is 1. The molecule has 1 aliphatic carbocycles. The second kappa shape index (κ2) is 8.29. The predicted octanol–water partition coefficient (Wildman–Crippen LogP) is 3.77. The van der Waals surface area contributed by atoms with Crippen molar-refractivity contribution >= 4 is 0 Å². The Hall–Kier alpha value is -0.870. The fourth-order valence-corrected chi connectivity index (χ4v) is 4.46. The summed E-state index contributed by atoms with van der Waals surface area (Å²) in [6.45, 7) is 6.47. The fourth-order valence-electron chi connectivity index (χ4n) is 4.46. The van der Waals surface area contributed by atoms with Gasteiger partial charge in [-0.1, -0.05) is 25.7 Å². The third-order valence-electron chi connectivity index (χ3n) is 5.74. The summed E-state index contributed by atoms with van der Waals surface area (Å²) in [6, 6.07) is 0.850. The molecular weight excluding hydrogens is 286 g/mol. The van der Waals surface area contributed by atoms with Crippen LogP contribution in [0, 0.1) is 12.8 Å². The van der Waals surface area contributed by atoms with Gasteiger partial charge in [-0.05, 0) is 45.1 Å². The van der Waals surface area contributed by atoms with Gasteiger partial charge >= 0.3 is 0 Å². The van der Waals surface area contributed by atoms with Crippen molar-refractivity contribution in [2.24, 2.45) is 5.92 Å². The molecule has 2 aliphatic rings. The predicted molar refractivity (Wildman–Crippen MR) is 93.5 cm³/mol. The van der Waals surface area contributed by atoms with Gasteiger partial charge in [0.05, 0.1) is 0 Å². The van der Waals surface area contributed by atoms with Gasteiger partial charge in [0.15, 0.2) is 0 Å². The van der Waals surface area contributed by atoms with Gasteiger partial charge in [0.1, 0.15) is 12.4 Å². The van der Waals surface area contributed by atoms with Crippen molar-refractivity contribution in [1.82, 2.24) is 14.5 Å². The minimum atomic E-state index is 0.618. The Morgan fingerprint density at radius 1 is 1.13 bits per heavy atom. The van der Waals surface area contributed by atoms with Crippen LogP contribution in [0.4, 0.5) is 0 Å². The Labute approximate surface area is 141 Å². The maximum absolute atomic E-state index is 5.31. The Balaban J connectivity index is 1.61. The largest absolute Gasteiger partial charge is 0.377 e. The van der Waals surface area contributed by atoms with E-state index in [0.29, 0.717) is 6.61 Å². The average molecular weight is 319 g/mol. The number of hydrogen-bond acceptors (Lipinski definition) is 3. The van der Waals surface area contributed by atoms with Crippen molar-refractivity contribution in [3.05, 3.63) is 17.7 Å². The zero-order valence-electron chi connectivity index (χ0n) is 15.0. The first kappa shape index (κ1) is 17.0. The van der Waals surface area contributed by atoms with Crippen molar-refractivity contribution < 1.29 is 4.74 Å². The molecule has 2 fully saturated rings. The Morgan fingerprint density at radius 3 is 2.65 bits per heavy atom. The van der Waals surface area contributed by atoms with Gasteiger partial charge in [0.2, 0.25) is 0 Å². The smallest absolute Gasteiger partial charge is 0.134 e. The van der Waals surface area contributed by atoms with Gasteiger partial charge in [-0.15, -0.1) is 0 Å². The lowest BCUT2D eigenvalue weighted by molar-refractivity contribution is 0.103. The van der Waals surface area contributed by atoms with Crippen LogP contribution in [0.5, 0.6) is 0 Å². The van der Waals surface area contributed by atoms with Crippen LogP contribution < -0.4 is 0 Å². The molecule has 1 unspecified atom stereocenters. The third kappa shape index (κ3) is 4.36. The van der Waals surface area contributed by atoms with Gasteiger partial charge in [0.25, 0.3) is 0 Å². The van der Waals surface area contributed by atoms with E-state index in [2.05, 4.69) is 21.4 Å². The molecule has 1 atom stereocenters. The number of hydrogen-bond donors (Lipinski definition) is 0. The number of rotatable bonds is 5. The molecule has 130 valence electrons. The highest BCUT2D eigenvalue weighted by atomic mass is 16.5. The number of nitrogens with zero attached hydrogens (tertiary/aromatic N) is 3. The number of methoxy groups -OCH3 is 1. The molecule has 1 saturated heterocycles. The average Bonchev–Trinajstić information content (AvgIpc) is 2.79. The number of likely N-dealkylation sites (tertiary alicyclic amines) is 1. The van der Waals surface area contributed by atoms with Crippen molar-refractivity contribution in [2.75, 3.05) is 20.2 Å². The monoisotopic (exact) mass is 319 g/mol. The first-order chi connectivity index (χ1) is 11.3. The molecule has 1 saturated carbocycles. The van der Waals surface area contributed by atoms with Gasteiger partial charge in [0, 0.05) is 38.1 Å². The van der Waals surface area contributed by atoms with E-state index in [0.717, 1.165) is 24.3 Å². The lowest BCUT2D eigenvalue weighted by atomic mass is 9.94. The van der Waals surface area contributed by atoms with Crippen LogP contribution >= 0.6 is 0 Å². The number of imidazole rings is 1. The minimum absolute atomic E-state index is 0.618. The highest BCUT2D eigenvalue weighted by Crippen LogP contribution is 2.27. The summed E-state index contributed by atoms with van der Waals surface area (Å²) in [5.41, 5.74) is 1.27. The van der Waals surface area contributed by atoms with E-state index in [1.54, 1.807) is 7.11 Å². The minimum Gasteiger partial charge on any atom is -0.377 e. The Morgan fingerprint density at radius 2 is 1.91 bits per heavy atom. The van der Waals surface area contributed by atoms with Crippen molar-refractivity contribution in [3.63, 3.8) is 0 Å². The number of piperidine rings is 1. The molecule has 1 aliphatic heterocycles. The van der Waals surface area contributed by atoms with Crippen molar-refractivity contribution in [3.8, 4) is 0 Å². The highest BCUT2D eigenvalue weighted by Gasteiger charge is 2.27. The second-order valence-electron chi connectivity index (χ2n) is 7.51. The molecule has 0 radical (unpaired) electrons. The quantitative estimate of drug-likeness (QED) is 0.774. The molecule has 0 N–H and O–H groups in total. The molecule has 2 heterocycles. The zero-order chi connectivity index (χ0) is 16.1. The standard InChI is InChI=1S/C19H33N3O/c1-16-12-20-19(15-23-2)22(16)14-17-8-7-11-21(13-17)18-9-5-3-4-6-10-18/h12,17-18H,3-11,13-15H2,1-2H3. The number of ether oxygens (including phenoxy) is 1. The van der Waals surface area contributed by atoms with E-state index in [1.165, 1.54) is 70.2 Å². The maximum atomic E-state index is 5.31. The van der Waals surface area contributed by atoms with E-state index in [1.807, 2.05) is 6.20 Å². The molecule has 1 aromatic heterocycles. The molecule has 23 heavy (non-hydrogen) atoms. The number of aromatic nitrogens is 2. The van der Waals surface area contributed by atoms with Crippen molar-refractivity contribution in [2.45, 2.75) is 77.5 Å². The molecule has 0 spiro atoms. The summed E-state index contributed by atoms with van der Waals surface area (Å²) in [5.74, 6) is 1.84. The van der Waals surface area contributed by atoms with Crippen LogP contribution in [-0.2, 0) is 17.9 Å². The van der Waals surface area contributed by atoms with E-state index >= 15 is 0 Å². The van der Waals surface area contributed by atoms with E-state index in [-0.39, 0.29) is 0 Å². The summed E-state index contributed by atoms with van der Waals surface area (Å²) in [6.07, 6.45) is 13.3. The lowest BCUT2D eigenvalue weighted by Gasteiger charge is -2.38. The van der Waals surface area contributed by atoms with Crippen LogP contribution in [0.3, 0.4) is 0 Å². The van der Waals surface area contributed by atoms with E-state index < -0.39 is 0 Å². The molecule has 4 nitrogen and oxygen atoms in total. The first-order valence-electron chi connectivity index (χ1n) is 9.52. The lowest BCUT2D eigenvalue weighted by Crippen LogP contribution is -2.43. The Kier molecular flexibility index (Phi) is 6.12. The van der Waals surface area contributed by atoms with Gasteiger partial charge in [-0.25, -0.2) is 4.98 Å².